The summed E-state index contributed by atoms with van der Waals surface area (Å²) in [6, 6.07) is 0.871. The molecule has 1 N–H and O–H groups in total. The summed E-state index contributed by atoms with van der Waals surface area (Å²) in [6.07, 6.45) is 8.41. The molecule has 3 nitrogen and oxygen atoms in total. The summed E-state index contributed by atoms with van der Waals surface area (Å²) in [6.45, 7) is 11.6. The molecule has 3 aliphatic heterocycles. The molecule has 3 saturated heterocycles. The van der Waals surface area contributed by atoms with Crippen LogP contribution in [0.25, 0.3) is 0 Å². The average molecular weight is 265 g/mol. The Morgan fingerprint density at radius 1 is 1.21 bits per heavy atom. The van der Waals surface area contributed by atoms with E-state index < -0.39 is 0 Å². The van der Waals surface area contributed by atoms with E-state index in [1.807, 2.05) is 0 Å². The van der Waals surface area contributed by atoms with Crippen LogP contribution in [0.15, 0.2) is 0 Å². The zero-order valence-electron chi connectivity index (χ0n) is 12.7. The van der Waals surface area contributed by atoms with E-state index in [4.69, 9.17) is 0 Å². The lowest BCUT2D eigenvalue weighted by atomic mass is 9.82. The van der Waals surface area contributed by atoms with E-state index in [0.29, 0.717) is 5.41 Å². The van der Waals surface area contributed by atoms with Gasteiger partial charge in [0.1, 0.15) is 0 Å². The van der Waals surface area contributed by atoms with Crippen LogP contribution in [0.1, 0.15) is 45.4 Å². The van der Waals surface area contributed by atoms with Crippen molar-refractivity contribution in [2.24, 2.45) is 5.41 Å². The molecule has 3 heteroatoms. The lowest BCUT2D eigenvalue weighted by Crippen LogP contribution is -2.40. The number of hydrogen-bond donors (Lipinski definition) is 1. The summed E-state index contributed by atoms with van der Waals surface area (Å²) < 4.78 is 0. The monoisotopic (exact) mass is 265 g/mol. The van der Waals surface area contributed by atoms with Gasteiger partial charge in [0.25, 0.3) is 0 Å². The summed E-state index contributed by atoms with van der Waals surface area (Å²) in [5.74, 6) is 0. The predicted octanol–water partition coefficient (Wildman–Crippen LogP) is 1.94. The van der Waals surface area contributed by atoms with Gasteiger partial charge in [-0.15, -0.1) is 0 Å². The van der Waals surface area contributed by atoms with Crippen molar-refractivity contribution in [3.05, 3.63) is 0 Å². The summed E-state index contributed by atoms with van der Waals surface area (Å²) >= 11 is 0. The Bertz CT molecular complexity index is 280. The van der Waals surface area contributed by atoms with Crippen LogP contribution in [-0.2, 0) is 0 Å². The van der Waals surface area contributed by atoms with Crippen molar-refractivity contribution < 1.29 is 0 Å². The van der Waals surface area contributed by atoms with Crippen molar-refractivity contribution in [1.82, 2.24) is 15.1 Å². The standard InChI is InChI=1S/C16H31N3/c1-2-6-16(7-8-17-13-16)14-18-11-5-15(12-18)19-9-3-4-10-19/h15,17H,2-14H2,1H3. The lowest BCUT2D eigenvalue weighted by Gasteiger charge is -2.33. The van der Waals surface area contributed by atoms with Gasteiger partial charge in [-0.3, -0.25) is 4.90 Å². The van der Waals surface area contributed by atoms with E-state index in [0.717, 1.165) is 6.04 Å². The van der Waals surface area contributed by atoms with Gasteiger partial charge in [0.05, 0.1) is 0 Å². The molecule has 3 aliphatic rings. The highest BCUT2D eigenvalue weighted by molar-refractivity contribution is 4.93. The third-order valence-electron chi connectivity index (χ3n) is 5.58. The van der Waals surface area contributed by atoms with Gasteiger partial charge in [0, 0.05) is 25.7 Å². The van der Waals surface area contributed by atoms with Crippen molar-refractivity contribution in [1.29, 1.82) is 0 Å². The molecule has 0 aromatic rings. The van der Waals surface area contributed by atoms with Crippen LogP contribution in [0.4, 0.5) is 0 Å². The average Bonchev–Trinajstić information content (AvgIpc) is 3.10. The molecular weight excluding hydrogens is 234 g/mol. The maximum absolute atomic E-state index is 3.60. The fraction of sp³-hybridized carbons (Fsp3) is 1.00. The third-order valence-corrected chi connectivity index (χ3v) is 5.58. The minimum atomic E-state index is 0.592. The van der Waals surface area contributed by atoms with Gasteiger partial charge in [0.2, 0.25) is 0 Å². The van der Waals surface area contributed by atoms with Gasteiger partial charge in [-0.2, -0.15) is 0 Å². The second-order valence-electron chi connectivity index (χ2n) is 7.10. The van der Waals surface area contributed by atoms with Crippen LogP contribution in [0.3, 0.4) is 0 Å². The van der Waals surface area contributed by atoms with Crippen molar-refractivity contribution in [3.8, 4) is 0 Å². The van der Waals surface area contributed by atoms with Crippen LogP contribution in [0, 0.1) is 5.41 Å². The molecule has 2 unspecified atom stereocenters. The molecule has 3 fully saturated rings. The normalized spacial score (nSPS) is 37.4. The zero-order valence-corrected chi connectivity index (χ0v) is 12.7. The Labute approximate surface area is 118 Å². The fourth-order valence-corrected chi connectivity index (χ4v) is 4.59. The Morgan fingerprint density at radius 3 is 2.74 bits per heavy atom. The van der Waals surface area contributed by atoms with Gasteiger partial charge in [0.15, 0.2) is 0 Å². The van der Waals surface area contributed by atoms with E-state index in [9.17, 15) is 0 Å². The molecule has 3 heterocycles. The highest BCUT2D eigenvalue weighted by Gasteiger charge is 2.37. The summed E-state index contributed by atoms with van der Waals surface area (Å²) in [5.41, 5.74) is 0.592. The summed E-state index contributed by atoms with van der Waals surface area (Å²) in [7, 11) is 0. The van der Waals surface area contributed by atoms with Crippen LogP contribution < -0.4 is 5.32 Å². The first-order chi connectivity index (χ1) is 9.31. The maximum Gasteiger partial charge on any atom is 0.0235 e. The fourth-order valence-electron chi connectivity index (χ4n) is 4.59. The topological polar surface area (TPSA) is 18.5 Å². The predicted molar refractivity (Wildman–Crippen MR) is 80.5 cm³/mol. The molecule has 3 rings (SSSR count). The molecule has 0 aliphatic carbocycles. The van der Waals surface area contributed by atoms with Crippen LogP contribution in [-0.4, -0.2) is 61.7 Å². The third kappa shape index (κ3) is 3.14. The van der Waals surface area contributed by atoms with E-state index in [1.54, 1.807) is 0 Å². The summed E-state index contributed by atoms with van der Waals surface area (Å²) in [4.78, 5) is 5.52. The molecule has 0 spiro atoms. The second kappa shape index (κ2) is 6.11. The molecule has 2 atom stereocenters. The Kier molecular flexibility index (Phi) is 4.45. The second-order valence-corrected chi connectivity index (χ2v) is 7.10. The van der Waals surface area contributed by atoms with Crippen molar-refractivity contribution in [2.75, 3.05) is 45.8 Å². The molecule has 110 valence electrons. The van der Waals surface area contributed by atoms with Gasteiger partial charge in [-0.1, -0.05) is 13.3 Å². The Hall–Kier alpha value is -0.120. The first-order valence-corrected chi connectivity index (χ1v) is 8.48. The first kappa shape index (κ1) is 13.8. The highest BCUT2D eigenvalue weighted by Crippen LogP contribution is 2.33. The Balaban J connectivity index is 1.52. The van der Waals surface area contributed by atoms with Gasteiger partial charge in [-0.05, 0) is 63.7 Å². The molecular formula is C16H31N3. The zero-order chi connectivity index (χ0) is 13.1. The highest BCUT2D eigenvalue weighted by atomic mass is 15.3. The number of nitrogens with zero attached hydrogens (tertiary/aromatic N) is 2. The van der Waals surface area contributed by atoms with E-state index in [-0.39, 0.29) is 0 Å². The Morgan fingerprint density at radius 2 is 2.05 bits per heavy atom. The van der Waals surface area contributed by atoms with Gasteiger partial charge in [-0.25, -0.2) is 0 Å². The van der Waals surface area contributed by atoms with Gasteiger partial charge < -0.3 is 10.2 Å². The number of likely N-dealkylation sites (tertiary alicyclic amines) is 2. The minimum Gasteiger partial charge on any atom is -0.316 e. The number of rotatable bonds is 5. The van der Waals surface area contributed by atoms with Crippen molar-refractivity contribution in [3.63, 3.8) is 0 Å². The quantitative estimate of drug-likeness (QED) is 0.819. The van der Waals surface area contributed by atoms with E-state index in [2.05, 4.69) is 22.0 Å². The molecule has 0 bridgehead atoms. The smallest absolute Gasteiger partial charge is 0.0235 e. The molecule has 0 aromatic heterocycles. The first-order valence-electron chi connectivity index (χ1n) is 8.48. The largest absolute Gasteiger partial charge is 0.316 e. The van der Waals surface area contributed by atoms with E-state index >= 15 is 0 Å². The molecule has 0 radical (unpaired) electrons. The van der Waals surface area contributed by atoms with Crippen molar-refractivity contribution in [2.45, 2.75) is 51.5 Å². The molecule has 0 aromatic carbocycles. The van der Waals surface area contributed by atoms with Crippen LogP contribution >= 0.6 is 0 Å². The van der Waals surface area contributed by atoms with Crippen molar-refractivity contribution >= 4 is 0 Å². The number of nitrogens with one attached hydrogen (secondary N) is 1. The minimum absolute atomic E-state index is 0.592. The van der Waals surface area contributed by atoms with Crippen LogP contribution in [0.2, 0.25) is 0 Å². The SMILES string of the molecule is CCCC1(CN2CCC(N3CCCC3)C2)CCNC1. The molecule has 19 heavy (non-hydrogen) atoms. The molecule has 0 amide bonds. The maximum atomic E-state index is 3.60. The van der Waals surface area contributed by atoms with Crippen LogP contribution in [0.5, 0.6) is 0 Å². The van der Waals surface area contributed by atoms with E-state index in [1.165, 1.54) is 84.3 Å². The summed E-state index contributed by atoms with van der Waals surface area (Å²) in [5, 5.41) is 3.60. The molecule has 0 saturated carbocycles. The van der Waals surface area contributed by atoms with Gasteiger partial charge >= 0.3 is 0 Å². The lowest BCUT2D eigenvalue weighted by molar-refractivity contribution is 0.162. The number of hydrogen-bond acceptors (Lipinski definition) is 3.